The maximum atomic E-state index is 11.2. The summed E-state index contributed by atoms with van der Waals surface area (Å²) >= 11 is 0. The van der Waals surface area contributed by atoms with Gasteiger partial charge in [0.15, 0.2) is 0 Å². The van der Waals surface area contributed by atoms with Crippen LogP contribution in [0.25, 0.3) is 0 Å². The van der Waals surface area contributed by atoms with Crippen molar-refractivity contribution in [1.29, 1.82) is 0 Å². The molecule has 76 valence electrons. The first-order valence-corrected chi connectivity index (χ1v) is 4.48. The molecule has 0 saturated carbocycles. The maximum absolute atomic E-state index is 11.2. The van der Waals surface area contributed by atoms with E-state index in [1.165, 1.54) is 0 Å². The summed E-state index contributed by atoms with van der Waals surface area (Å²) in [5, 5.41) is 4.05. The number of nitrogens with zero attached hydrogens (tertiary/aromatic N) is 2. The van der Waals surface area contributed by atoms with E-state index in [2.05, 4.69) is 11.7 Å². The molecular formula is C10H14N2O2. The highest BCUT2D eigenvalue weighted by molar-refractivity contribution is 5.87. The molecule has 1 rings (SSSR count). The molecule has 4 nitrogen and oxygen atoms in total. The van der Waals surface area contributed by atoms with E-state index in [1.54, 1.807) is 17.8 Å². The van der Waals surface area contributed by atoms with Gasteiger partial charge in [0.25, 0.3) is 0 Å². The van der Waals surface area contributed by atoms with Gasteiger partial charge in [-0.2, -0.15) is 5.10 Å². The predicted octanol–water partition coefficient (Wildman–Crippen LogP) is 1.31. The molecule has 0 spiro atoms. The first-order valence-electron chi connectivity index (χ1n) is 4.48. The Hall–Kier alpha value is -1.58. The van der Waals surface area contributed by atoms with Crippen molar-refractivity contribution >= 4 is 5.97 Å². The van der Waals surface area contributed by atoms with Gasteiger partial charge in [-0.15, -0.1) is 0 Å². The van der Waals surface area contributed by atoms with Crippen molar-refractivity contribution in [2.24, 2.45) is 0 Å². The Labute approximate surface area is 83.2 Å². The van der Waals surface area contributed by atoms with Gasteiger partial charge in [0, 0.05) is 11.9 Å². The van der Waals surface area contributed by atoms with E-state index >= 15 is 0 Å². The third kappa shape index (κ3) is 2.45. The first kappa shape index (κ1) is 10.5. The quantitative estimate of drug-likeness (QED) is 0.536. The molecular weight excluding hydrogens is 180 g/mol. The zero-order valence-electron chi connectivity index (χ0n) is 8.49. The highest BCUT2D eigenvalue weighted by atomic mass is 16.5. The number of hydrogen-bond donors (Lipinski definition) is 0. The van der Waals surface area contributed by atoms with E-state index in [0.717, 1.165) is 5.69 Å². The largest absolute Gasteiger partial charge is 0.463 e. The van der Waals surface area contributed by atoms with Gasteiger partial charge < -0.3 is 4.74 Å². The van der Waals surface area contributed by atoms with Crippen molar-refractivity contribution in [3.63, 3.8) is 0 Å². The summed E-state index contributed by atoms with van der Waals surface area (Å²) in [6.07, 6.45) is 1.69. The number of aryl methyl sites for hydroxylation is 1. The van der Waals surface area contributed by atoms with Gasteiger partial charge in [0.05, 0.1) is 18.7 Å². The van der Waals surface area contributed by atoms with Gasteiger partial charge in [-0.25, -0.2) is 4.79 Å². The molecule has 14 heavy (non-hydrogen) atoms. The molecule has 0 saturated heterocycles. The molecule has 0 aromatic carbocycles. The lowest BCUT2D eigenvalue weighted by molar-refractivity contribution is -0.138. The van der Waals surface area contributed by atoms with Gasteiger partial charge in [0.2, 0.25) is 0 Å². The smallest absolute Gasteiger partial charge is 0.335 e. The molecule has 1 aromatic heterocycles. The summed E-state index contributed by atoms with van der Waals surface area (Å²) in [7, 11) is 0. The summed E-state index contributed by atoms with van der Waals surface area (Å²) in [6.45, 7) is 8.10. The van der Waals surface area contributed by atoms with Crippen molar-refractivity contribution in [2.75, 3.05) is 6.61 Å². The molecule has 0 fully saturated rings. The lowest BCUT2D eigenvalue weighted by atomic mass is 10.3. The molecule has 0 N–H and O–H groups in total. The Morgan fingerprint density at radius 3 is 2.93 bits per heavy atom. The average Bonchev–Trinajstić information content (AvgIpc) is 2.52. The lowest BCUT2D eigenvalue weighted by Gasteiger charge is -2.06. The molecule has 0 aliphatic rings. The molecule has 0 amide bonds. The number of carbonyl (C=O) groups excluding carboxylic acids is 1. The fourth-order valence-electron chi connectivity index (χ4n) is 1.04. The van der Waals surface area contributed by atoms with Crippen molar-refractivity contribution in [1.82, 2.24) is 9.78 Å². The van der Waals surface area contributed by atoms with E-state index in [-0.39, 0.29) is 5.97 Å². The number of rotatable bonds is 4. The Morgan fingerprint density at radius 1 is 1.71 bits per heavy atom. The van der Waals surface area contributed by atoms with Crippen LogP contribution in [0.5, 0.6) is 0 Å². The van der Waals surface area contributed by atoms with Crippen LogP contribution in [0, 0.1) is 6.92 Å². The summed E-state index contributed by atoms with van der Waals surface area (Å²) in [5.74, 6) is -0.359. The molecule has 1 aromatic rings. The van der Waals surface area contributed by atoms with Crippen molar-refractivity contribution in [3.8, 4) is 0 Å². The summed E-state index contributed by atoms with van der Waals surface area (Å²) in [4.78, 5) is 11.2. The van der Waals surface area contributed by atoms with Gasteiger partial charge in [0.1, 0.15) is 0 Å². The van der Waals surface area contributed by atoms with Gasteiger partial charge in [-0.1, -0.05) is 6.58 Å². The van der Waals surface area contributed by atoms with Crippen LogP contribution >= 0.6 is 0 Å². The average molecular weight is 194 g/mol. The first-order chi connectivity index (χ1) is 6.65. The second kappa shape index (κ2) is 4.60. The number of carbonyl (C=O) groups is 1. The van der Waals surface area contributed by atoms with E-state index in [4.69, 9.17) is 4.74 Å². The minimum absolute atomic E-state index is 0.359. The van der Waals surface area contributed by atoms with Crippen LogP contribution in [0.4, 0.5) is 0 Å². The van der Waals surface area contributed by atoms with Gasteiger partial charge in [-0.3, -0.25) is 4.68 Å². The monoisotopic (exact) mass is 194 g/mol. The van der Waals surface area contributed by atoms with Crippen LogP contribution in [0.2, 0.25) is 0 Å². The zero-order chi connectivity index (χ0) is 10.6. The number of hydrogen-bond acceptors (Lipinski definition) is 3. The fraction of sp³-hybridized carbons (Fsp3) is 0.400. The van der Waals surface area contributed by atoms with Crippen LogP contribution in [-0.2, 0) is 16.1 Å². The second-order valence-corrected chi connectivity index (χ2v) is 2.95. The third-order valence-electron chi connectivity index (χ3n) is 1.83. The minimum Gasteiger partial charge on any atom is -0.463 e. The van der Waals surface area contributed by atoms with Crippen molar-refractivity contribution in [2.45, 2.75) is 20.4 Å². The van der Waals surface area contributed by atoms with E-state index in [9.17, 15) is 4.79 Å². The Bertz CT molecular complexity index is 342. The lowest BCUT2D eigenvalue weighted by Crippen LogP contribution is -2.13. The third-order valence-corrected chi connectivity index (χ3v) is 1.83. The zero-order valence-corrected chi connectivity index (χ0v) is 8.49. The predicted molar refractivity (Wildman–Crippen MR) is 52.7 cm³/mol. The minimum atomic E-state index is -0.359. The Kier molecular flexibility index (Phi) is 3.45. The van der Waals surface area contributed by atoms with E-state index < -0.39 is 0 Å². The SMILES string of the molecule is C=C(Cn1nccc1C)C(=O)OCC. The number of aromatic nitrogens is 2. The molecule has 1 heterocycles. The molecule has 0 unspecified atom stereocenters. The van der Waals surface area contributed by atoms with E-state index in [0.29, 0.717) is 18.7 Å². The molecule has 4 heteroatoms. The molecule has 0 radical (unpaired) electrons. The molecule has 0 aliphatic heterocycles. The van der Waals surface area contributed by atoms with Crippen molar-refractivity contribution < 1.29 is 9.53 Å². The van der Waals surface area contributed by atoms with Crippen LogP contribution in [-0.4, -0.2) is 22.4 Å². The number of esters is 1. The summed E-state index contributed by atoms with van der Waals surface area (Å²) in [6, 6.07) is 1.87. The van der Waals surface area contributed by atoms with E-state index in [1.807, 2.05) is 13.0 Å². The maximum Gasteiger partial charge on any atom is 0.335 e. The van der Waals surface area contributed by atoms with Crippen LogP contribution in [0.15, 0.2) is 24.4 Å². The Balaban J connectivity index is 2.57. The fourth-order valence-corrected chi connectivity index (χ4v) is 1.04. The highest BCUT2D eigenvalue weighted by Crippen LogP contribution is 2.02. The molecule has 0 aliphatic carbocycles. The van der Waals surface area contributed by atoms with Gasteiger partial charge >= 0.3 is 5.97 Å². The Morgan fingerprint density at radius 2 is 2.43 bits per heavy atom. The standard InChI is InChI=1S/C10H14N2O2/c1-4-14-10(13)8(2)7-12-9(3)5-6-11-12/h5-6H,2,4,7H2,1,3H3. The van der Waals surface area contributed by atoms with Crippen LogP contribution in [0.1, 0.15) is 12.6 Å². The van der Waals surface area contributed by atoms with Crippen molar-refractivity contribution in [3.05, 3.63) is 30.1 Å². The molecule has 0 atom stereocenters. The second-order valence-electron chi connectivity index (χ2n) is 2.95. The van der Waals surface area contributed by atoms with Gasteiger partial charge in [-0.05, 0) is 19.9 Å². The highest BCUT2D eigenvalue weighted by Gasteiger charge is 2.09. The molecule has 0 bridgehead atoms. The normalized spacial score (nSPS) is 9.86. The summed E-state index contributed by atoms with van der Waals surface area (Å²) in [5.41, 5.74) is 1.41. The van der Waals surface area contributed by atoms with Crippen LogP contribution < -0.4 is 0 Å². The number of ether oxygens (including phenoxy) is 1. The van der Waals surface area contributed by atoms with Crippen LogP contribution in [0.3, 0.4) is 0 Å². The summed E-state index contributed by atoms with van der Waals surface area (Å²) < 4.78 is 6.52. The topological polar surface area (TPSA) is 44.1 Å².